The first-order valence-electron chi connectivity index (χ1n) is 24.3. The molecule has 0 saturated heterocycles. The molecule has 0 saturated carbocycles. The minimum Gasteiger partial charge on any atom is -0.310 e. The molecule has 0 spiro atoms. The Bertz CT molecular complexity index is 4010. The van der Waals surface area contributed by atoms with E-state index in [1.165, 1.54) is 114 Å². The summed E-state index contributed by atoms with van der Waals surface area (Å²) >= 11 is 0. The topological polar surface area (TPSA) is 3.24 Å². The Labute approximate surface area is 404 Å². The molecule has 0 N–H and O–H groups in total. The first-order chi connectivity index (χ1) is 34.1. The molecule has 12 aromatic rings. The molecule has 0 heterocycles. The van der Waals surface area contributed by atoms with E-state index in [-0.39, 0.29) is 0 Å². The molecule has 0 atom stereocenters. The number of fused-ring (bicyclic) bond motifs is 5. The zero-order chi connectivity index (χ0) is 46.4. The second-order valence-corrected chi connectivity index (χ2v) is 18.2. The molecule has 1 nitrogen and oxygen atoms in total. The van der Waals surface area contributed by atoms with Gasteiger partial charge in [-0.1, -0.05) is 201 Å². The smallest absolute Gasteiger partial charge is 0.0468 e. The summed E-state index contributed by atoms with van der Waals surface area (Å²) in [6.45, 7) is 6.62. The Balaban J connectivity index is 1.09. The third-order valence-electron chi connectivity index (χ3n) is 14.2. The van der Waals surface area contributed by atoms with Crippen LogP contribution < -0.4 is 15.3 Å². The summed E-state index contributed by atoms with van der Waals surface area (Å²) in [5.41, 5.74) is 14.4. The van der Waals surface area contributed by atoms with Crippen molar-refractivity contribution in [1.29, 1.82) is 0 Å². The molecule has 1 heteroatoms. The second-order valence-electron chi connectivity index (χ2n) is 18.2. The Morgan fingerprint density at radius 1 is 0.333 bits per heavy atom. The van der Waals surface area contributed by atoms with Crippen molar-refractivity contribution in [2.75, 3.05) is 4.90 Å². The standard InChI is InChI=1S/C68H51N/c1-4-18-50-41-53(33-31-46(50)5-2)67-63-29-15-13-27-61(63)66(62-28-14-16-30-64(62)67)52-23-17-24-56(43-52)69(55-37-35-49(36-38-55)47-19-7-6-8-20-47)57-39-40-59-45(3)58-25-11-12-26-60(58)68(65(59)44-57)54-34-32-48-21-9-10-22-51(48)42-54/h5-44H,4H2,1-3H3/b46-5-,50-18-. The lowest BCUT2D eigenvalue weighted by Crippen LogP contribution is -2.23. The van der Waals surface area contributed by atoms with Gasteiger partial charge in [0.05, 0.1) is 0 Å². The van der Waals surface area contributed by atoms with Gasteiger partial charge in [-0.2, -0.15) is 0 Å². The van der Waals surface area contributed by atoms with E-state index in [4.69, 9.17) is 0 Å². The predicted molar refractivity (Wildman–Crippen MR) is 299 cm³/mol. The maximum absolute atomic E-state index is 2.45. The molecule has 0 fully saturated rings. The molecule has 69 heavy (non-hydrogen) atoms. The number of anilines is 3. The van der Waals surface area contributed by atoms with Crippen LogP contribution in [0.25, 0.3) is 111 Å². The Kier molecular flexibility index (Phi) is 10.7. The number of rotatable bonds is 8. The van der Waals surface area contributed by atoms with Crippen molar-refractivity contribution in [3.63, 3.8) is 0 Å². The van der Waals surface area contributed by atoms with E-state index < -0.39 is 0 Å². The lowest BCUT2D eigenvalue weighted by molar-refractivity contribution is 1.28. The van der Waals surface area contributed by atoms with Crippen LogP contribution in [-0.2, 0) is 0 Å². The maximum atomic E-state index is 2.45. The van der Waals surface area contributed by atoms with Gasteiger partial charge in [-0.25, -0.2) is 0 Å². The van der Waals surface area contributed by atoms with Crippen LogP contribution in [0.3, 0.4) is 0 Å². The van der Waals surface area contributed by atoms with E-state index in [1.54, 1.807) is 0 Å². The van der Waals surface area contributed by atoms with Crippen molar-refractivity contribution in [2.45, 2.75) is 27.2 Å². The molecule has 0 aliphatic carbocycles. The summed E-state index contributed by atoms with van der Waals surface area (Å²) in [6.07, 6.45) is 5.53. The third-order valence-corrected chi connectivity index (χ3v) is 14.2. The van der Waals surface area contributed by atoms with Gasteiger partial charge < -0.3 is 4.90 Å². The van der Waals surface area contributed by atoms with Crippen LogP contribution in [0.4, 0.5) is 17.1 Å². The predicted octanol–water partition coefficient (Wildman–Crippen LogP) is 17.9. The third kappa shape index (κ3) is 7.35. The van der Waals surface area contributed by atoms with Gasteiger partial charge >= 0.3 is 0 Å². The highest BCUT2D eigenvalue weighted by atomic mass is 15.1. The first-order valence-corrected chi connectivity index (χ1v) is 24.3. The molecular formula is C68H51N. The van der Waals surface area contributed by atoms with Crippen LogP contribution in [0.5, 0.6) is 0 Å². The molecule has 328 valence electrons. The molecule has 0 radical (unpaired) electrons. The van der Waals surface area contributed by atoms with Crippen molar-refractivity contribution in [1.82, 2.24) is 0 Å². The van der Waals surface area contributed by atoms with Crippen molar-refractivity contribution in [3.8, 4) is 44.5 Å². The molecule has 0 unspecified atom stereocenters. The van der Waals surface area contributed by atoms with Gasteiger partial charge in [-0.15, -0.1) is 0 Å². The Morgan fingerprint density at radius 3 is 1.48 bits per heavy atom. The summed E-state index contributed by atoms with van der Waals surface area (Å²) in [4.78, 5) is 2.45. The summed E-state index contributed by atoms with van der Waals surface area (Å²) in [5, 5.41) is 15.0. The summed E-state index contributed by atoms with van der Waals surface area (Å²) in [7, 11) is 0. The fourth-order valence-electron chi connectivity index (χ4n) is 11.0. The average Bonchev–Trinajstić information content (AvgIpc) is 3.41. The Morgan fingerprint density at radius 2 is 0.812 bits per heavy atom. The number of benzene rings is 12. The van der Waals surface area contributed by atoms with E-state index in [1.807, 2.05) is 0 Å². The van der Waals surface area contributed by atoms with E-state index in [0.29, 0.717) is 0 Å². The normalized spacial score (nSPS) is 12.2. The quantitative estimate of drug-likeness (QED) is 0.137. The Hall–Kier alpha value is -8.52. The van der Waals surface area contributed by atoms with Crippen LogP contribution in [0, 0.1) is 6.92 Å². The van der Waals surface area contributed by atoms with Crippen molar-refractivity contribution in [2.24, 2.45) is 0 Å². The maximum Gasteiger partial charge on any atom is 0.0468 e. The van der Waals surface area contributed by atoms with Crippen molar-refractivity contribution in [3.05, 3.63) is 247 Å². The number of aryl methyl sites for hydroxylation is 1. The molecular weight excluding hydrogens is 831 g/mol. The lowest BCUT2D eigenvalue weighted by atomic mass is 9.85. The fourth-order valence-corrected chi connectivity index (χ4v) is 11.0. The van der Waals surface area contributed by atoms with Gasteiger partial charge in [0, 0.05) is 17.1 Å². The summed E-state index contributed by atoms with van der Waals surface area (Å²) < 4.78 is 0. The van der Waals surface area contributed by atoms with E-state index in [2.05, 4.69) is 268 Å². The van der Waals surface area contributed by atoms with Crippen molar-refractivity contribution < 1.29 is 0 Å². The molecule has 12 aromatic carbocycles. The summed E-state index contributed by atoms with van der Waals surface area (Å²) in [6, 6.07) is 85.5. The minimum atomic E-state index is 0.983. The van der Waals surface area contributed by atoms with Crippen LogP contribution >= 0.6 is 0 Å². The highest BCUT2D eigenvalue weighted by Gasteiger charge is 2.21. The van der Waals surface area contributed by atoms with Gasteiger partial charge in [-0.05, 0) is 183 Å². The molecule has 0 bridgehead atoms. The zero-order valence-electron chi connectivity index (χ0n) is 39.2. The largest absolute Gasteiger partial charge is 0.310 e. The summed E-state index contributed by atoms with van der Waals surface area (Å²) in [5.74, 6) is 0. The van der Waals surface area contributed by atoms with Crippen LogP contribution in [0.1, 0.15) is 25.8 Å². The highest BCUT2D eigenvalue weighted by Crippen LogP contribution is 2.47. The monoisotopic (exact) mass is 881 g/mol. The van der Waals surface area contributed by atoms with Gasteiger partial charge in [-0.3, -0.25) is 0 Å². The van der Waals surface area contributed by atoms with E-state index >= 15 is 0 Å². The number of nitrogens with zero attached hydrogens (tertiary/aromatic N) is 1. The first kappa shape index (κ1) is 41.9. The lowest BCUT2D eigenvalue weighted by Gasteiger charge is -2.28. The van der Waals surface area contributed by atoms with Gasteiger partial charge in [0.15, 0.2) is 0 Å². The fraction of sp³-hybridized carbons (Fsp3) is 0.0588. The van der Waals surface area contributed by atoms with Gasteiger partial charge in [0.25, 0.3) is 0 Å². The SMILES string of the molecule is C/C=c1/ccc(-c2c3ccccc3c(-c3cccc(N(c4ccc(-c5ccccc5)cc4)c4ccc5c(C)c6ccccc6c(-c6ccc7ccccc7c6)c5c4)c3)c3ccccc23)c/c1=C/CC. The van der Waals surface area contributed by atoms with Crippen LogP contribution in [0.15, 0.2) is 231 Å². The second kappa shape index (κ2) is 17.6. The average molecular weight is 882 g/mol. The van der Waals surface area contributed by atoms with E-state index in [0.717, 1.165) is 23.5 Å². The van der Waals surface area contributed by atoms with Crippen molar-refractivity contribution >= 4 is 83.1 Å². The van der Waals surface area contributed by atoms with Crippen LogP contribution in [0.2, 0.25) is 0 Å². The highest BCUT2D eigenvalue weighted by molar-refractivity contribution is 6.22. The molecule has 12 rings (SSSR count). The molecule has 0 aliphatic heterocycles. The number of hydrogen-bond acceptors (Lipinski definition) is 1. The van der Waals surface area contributed by atoms with Gasteiger partial charge in [0.2, 0.25) is 0 Å². The molecule has 0 aromatic heterocycles. The minimum absolute atomic E-state index is 0.983. The van der Waals surface area contributed by atoms with Gasteiger partial charge in [0.1, 0.15) is 0 Å². The van der Waals surface area contributed by atoms with E-state index in [9.17, 15) is 0 Å². The molecule has 0 amide bonds. The van der Waals surface area contributed by atoms with Crippen LogP contribution in [-0.4, -0.2) is 0 Å². The molecule has 0 aliphatic rings. The number of hydrogen-bond donors (Lipinski definition) is 0. The zero-order valence-corrected chi connectivity index (χ0v) is 39.2.